The van der Waals surface area contributed by atoms with Crippen LogP contribution in [0.2, 0.25) is 0 Å². The summed E-state index contributed by atoms with van der Waals surface area (Å²) in [4.78, 5) is 12.2. The van der Waals surface area contributed by atoms with Gasteiger partial charge in [0, 0.05) is 5.54 Å². The minimum absolute atomic E-state index is 0.0445. The van der Waals surface area contributed by atoms with Gasteiger partial charge in [0.05, 0.1) is 19.6 Å². The molecule has 1 fully saturated rings. The van der Waals surface area contributed by atoms with Crippen molar-refractivity contribution >= 4 is 5.91 Å². The third-order valence-corrected chi connectivity index (χ3v) is 4.30. The largest absolute Gasteiger partial charge is 0.497 e. The molecule has 3 N–H and O–H groups in total. The number of carbonyl (C=O) groups is 1. The summed E-state index contributed by atoms with van der Waals surface area (Å²) in [5, 5.41) is 2.93. The van der Waals surface area contributed by atoms with Crippen LogP contribution >= 0.6 is 0 Å². The molecule has 0 spiro atoms. The lowest BCUT2D eigenvalue weighted by atomic mass is 9.74. The molecule has 1 aromatic rings. The number of amides is 1. The van der Waals surface area contributed by atoms with E-state index in [9.17, 15) is 4.79 Å². The van der Waals surface area contributed by atoms with E-state index >= 15 is 0 Å². The lowest BCUT2D eigenvalue weighted by molar-refractivity contribution is -0.128. The summed E-state index contributed by atoms with van der Waals surface area (Å²) in [6, 6.07) is 7.38. The van der Waals surface area contributed by atoms with Gasteiger partial charge in [-0.1, -0.05) is 12.8 Å². The smallest absolute Gasteiger partial charge is 0.225 e. The molecule has 0 saturated heterocycles. The van der Waals surface area contributed by atoms with Crippen molar-refractivity contribution < 1.29 is 14.3 Å². The van der Waals surface area contributed by atoms with Crippen LogP contribution in [-0.4, -0.2) is 31.7 Å². The number of nitrogens with one attached hydrogen (secondary N) is 1. The van der Waals surface area contributed by atoms with Crippen molar-refractivity contribution in [2.45, 2.75) is 38.1 Å². The average Bonchev–Trinajstić information content (AvgIpc) is 2.51. The zero-order valence-electron chi connectivity index (χ0n) is 13.4. The normalized spacial score (nSPS) is 24.6. The third kappa shape index (κ3) is 4.37. The van der Waals surface area contributed by atoms with Crippen molar-refractivity contribution in [3.63, 3.8) is 0 Å². The van der Waals surface area contributed by atoms with Gasteiger partial charge < -0.3 is 20.5 Å². The highest BCUT2D eigenvalue weighted by Gasteiger charge is 2.37. The van der Waals surface area contributed by atoms with Crippen molar-refractivity contribution in [3.05, 3.63) is 24.3 Å². The van der Waals surface area contributed by atoms with Crippen molar-refractivity contribution in [1.82, 2.24) is 5.32 Å². The Balaban J connectivity index is 1.72. The Morgan fingerprint density at radius 1 is 1.32 bits per heavy atom. The summed E-state index contributed by atoms with van der Waals surface area (Å²) in [5.41, 5.74) is 5.85. The molecule has 2 unspecified atom stereocenters. The van der Waals surface area contributed by atoms with Crippen LogP contribution in [0.1, 0.15) is 32.6 Å². The van der Waals surface area contributed by atoms with E-state index in [1.807, 2.05) is 31.2 Å². The molecule has 1 amide bonds. The molecule has 1 aliphatic carbocycles. The topological polar surface area (TPSA) is 73.6 Å². The zero-order valence-corrected chi connectivity index (χ0v) is 13.4. The summed E-state index contributed by atoms with van der Waals surface area (Å²) >= 11 is 0. The highest BCUT2D eigenvalue weighted by atomic mass is 16.5. The van der Waals surface area contributed by atoms with E-state index in [1.165, 1.54) is 0 Å². The molecule has 0 heterocycles. The number of methoxy groups -OCH3 is 1. The van der Waals surface area contributed by atoms with Gasteiger partial charge >= 0.3 is 0 Å². The number of rotatable bonds is 6. The summed E-state index contributed by atoms with van der Waals surface area (Å²) in [6.07, 6.45) is 3.97. The second-order valence-corrected chi connectivity index (χ2v) is 6.12. The van der Waals surface area contributed by atoms with Gasteiger partial charge in [0.25, 0.3) is 0 Å². The Hall–Kier alpha value is -1.75. The van der Waals surface area contributed by atoms with Crippen LogP contribution in [0.5, 0.6) is 11.5 Å². The fourth-order valence-corrected chi connectivity index (χ4v) is 2.93. The van der Waals surface area contributed by atoms with Gasteiger partial charge in [-0.05, 0) is 44.0 Å². The van der Waals surface area contributed by atoms with Crippen molar-refractivity contribution in [2.24, 2.45) is 11.7 Å². The molecule has 122 valence electrons. The van der Waals surface area contributed by atoms with E-state index in [1.54, 1.807) is 7.11 Å². The monoisotopic (exact) mass is 306 g/mol. The van der Waals surface area contributed by atoms with Crippen molar-refractivity contribution in [3.8, 4) is 11.5 Å². The maximum atomic E-state index is 12.2. The molecule has 22 heavy (non-hydrogen) atoms. The van der Waals surface area contributed by atoms with E-state index in [-0.39, 0.29) is 17.4 Å². The number of hydrogen-bond acceptors (Lipinski definition) is 4. The first-order chi connectivity index (χ1) is 10.5. The first-order valence-corrected chi connectivity index (χ1v) is 7.86. The van der Waals surface area contributed by atoms with Gasteiger partial charge in [-0.2, -0.15) is 0 Å². The van der Waals surface area contributed by atoms with E-state index in [2.05, 4.69) is 5.32 Å². The molecule has 5 heteroatoms. The predicted molar refractivity (Wildman–Crippen MR) is 86.0 cm³/mol. The second-order valence-electron chi connectivity index (χ2n) is 6.12. The molecular weight excluding hydrogens is 280 g/mol. The van der Waals surface area contributed by atoms with E-state index in [4.69, 9.17) is 15.2 Å². The molecule has 0 aliphatic heterocycles. The van der Waals surface area contributed by atoms with Gasteiger partial charge in [0.1, 0.15) is 18.1 Å². The summed E-state index contributed by atoms with van der Waals surface area (Å²) < 4.78 is 10.7. The Morgan fingerprint density at radius 2 is 2.00 bits per heavy atom. The van der Waals surface area contributed by atoms with E-state index < -0.39 is 0 Å². The van der Waals surface area contributed by atoms with E-state index in [0.717, 1.165) is 37.2 Å². The predicted octanol–water partition coefficient (Wildman–Crippen LogP) is 2.10. The Kier molecular flexibility index (Phi) is 5.66. The van der Waals surface area contributed by atoms with Gasteiger partial charge in [-0.15, -0.1) is 0 Å². The number of benzene rings is 1. The minimum Gasteiger partial charge on any atom is -0.497 e. The highest BCUT2D eigenvalue weighted by Crippen LogP contribution is 2.31. The maximum absolute atomic E-state index is 12.2. The number of hydrogen-bond donors (Lipinski definition) is 2. The zero-order chi connectivity index (χ0) is 16.0. The Labute approximate surface area is 132 Å². The van der Waals surface area contributed by atoms with Gasteiger partial charge in [0.15, 0.2) is 0 Å². The fraction of sp³-hybridized carbons (Fsp3) is 0.588. The lowest BCUT2D eigenvalue weighted by Crippen LogP contribution is -2.53. The highest BCUT2D eigenvalue weighted by molar-refractivity contribution is 5.80. The number of nitrogens with two attached hydrogens (primary N) is 1. The molecular formula is C17H26N2O3. The minimum atomic E-state index is -0.390. The third-order valence-electron chi connectivity index (χ3n) is 4.30. The average molecular weight is 306 g/mol. The summed E-state index contributed by atoms with van der Waals surface area (Å²) in [7, 11) is 1.63. The molecule has 0 aromatic heterocycles. The second kappa shape index (κ2) is 7.49. The number of carbonyl (C=O) groups excluding carboxylic acids is 1. The Bertz CT molecular complexity index is 485. The summed E-state index contributed by atoms with van der Waals surface area (Å²) in [6.45, 7) is 2.90. The summed E-state index contributed by atoms with van der Waals surface area (Å²) in [5.74, 6) is 1.50. The van der Waals surface area contributed by atoms with Crippen LogP contribution in [0.3, 0.4) is 0 Å². The quantitative estimate of drug-likeness (QED) is 0.789. The first-order valence-electron chi connectivity index (χ1n) is 7.86. The molecule has 1 aliphatic rings. The molecule has 0 bridgehead atoms. The van der Waals surface area contributed by atoms with Crippen LogP contribution in [-0.2, 0) is 4.79 Å². The van der Waals surface area contributed by atoms with Crippen LogP contribution in [0.4, 0.5) is 0 Å². The van der Waals surface area contributed by atoms with Crippen molar-refractivity contribution in [2.75, 3.05) is 20.3 Å². The van der Waals surface area contributed by atoms with E-state index in [0.29, 0.717) is 13.2 Å². The molecule has 2 atom stereocenters. The Morgan fingerprint density at radius 3 is 2.64 bits per heavy atom. The van der Waals surface area contributed by atoms with Crippen LogP contribution in [0.15, 0.2) is 24.3 Å². The molecule has 1 aromatic carbocycles. The fourth-order valence-electron chi connectivity index (χ4n) is 2.93. The standard InChI is InChI=1S/C17H26N2O3/c1-17(18)10-4-3-5-15(17)16(20)19-11-12-22-14-8-6-13(21-2)7-9-14/h6-9,15H,3-5,10-12,18H2,1-2H3,(H,19,20). The SMILES string of the molecule is COc1ccc(OCCNC(=O)C2CCCCC2(C)N)cc1. The molecule has 0 radical (unpaired) electrons. The number of ether oxygens (including phenoxy) is 2. The van der Waals surface area contributed by atoms with Crippen LogP contribution in [0, 0.1) is 5.92 Å². The van der Waals surface area contributed by atoms with Gasteiger partial charge in [-0.3, -0.25) is 4.79 Å². The molecule has 5 nitrogen and oxygen atoms in total. The van der Waals surface area contributed by atoms with Gasteiger partial charge in [-0.25, -0.2) is 0 Å². The van der Waals surface area contributed by atoms with Crippen LogP contribution in [0.25, 0.3) is 0 Å². The van der Waals surface area contributed by atoms with Crippen molar-refractivity contribution in [1.29, 1.82) is 0 Å². The van der Waals surface area contributed by atoms with Crippen LogP contribution < -0.4 is 20.5 Å². The maximum Gasteiger partial charge on any atom is 0.225 e. The molecule has 1 saturated carbocycles. The lowest BCUT2D eigenvalue weighted by Gasteiger charge is -2.37. The van der Waals surface area contributed by atoms with Gasteiger partial charge in [0.2, 0.25) is 5.91 Å². The molecule has 2 rings (SSSR count). The first kappa shape index (κ1) is 16.6.